The number of rotatable bonds is 3. The highest BCUT2D eigenvalue weighted by Crippen LogP contribution is 2.36. The quantitative estimate of drug-likeness (QED) is 0.844. The van der Waals surface area contributed by atoms with Gasteiger partial charge in [0.1, 0.15) is 0 Å². The average Bonchev–Trinajstić information content (AvgIpc) is 2.78. The number of fused-ring (bicyclic) bond motifs is 1. The lowest BCUT2D eigenvalue weighted by molar-refractivity contribution is -0.110. The van der Waals surface area contributed by atoms with Crippen LogP contribution in [0.4, 0.5) is 5.69 Å². The molecule has 1 amide bonds. The van der Waals surface area contributed by atoms with Gasteiger partial charge in [-0.15, -0.1) is 0 Å². The standard InChI is InChI=1S/C17H14ClNO3/c1-2-22-16-8-10(3-6-15(16)20)7-13-12-5-4-11(18)9-14(12)19-17(13)21/h3-9,20H,2H2,1H3,(H,19,21)/b13-7+. The number of hydrogen-bond acceptors (Lipinski definition) is 3. The lowest BCUT2D eigenvalue weighted by Gasteiger charge is -2.06. The molecule has 0 spiro atoms. The van der Waals surface area contributed by atoms with Crippen molar-refractivity contribution in [1.29, 1.82) is 0 Å². The van der Waals surface area contributed by atoms with Crippen LogP contribution >= 0.6 is 11.6 Å². The molecule has 0 fully saturated rings. The van der Waals surface area contributed by atoms with E-state index in [2.05, 4.69) is 5.32 Å². The molecule has 3 rings (SSSR count). The predicted octanol–water partition coefficient (Wildman–Crippen LogP) is 3.94. The molecule has 22 heavy (non-hydrogen) atoms. The van der Waals surface area contributed by atoms with E-state index >= 15 is 0 Å². The number of phenolic OH excluding ortho intramolecular Hbond substituents is 1. The lowest BCUT2D eigenvalue weighted by Crippen LogP contribution is -2.03. The average molecular weight is 316 g/mol. The molecule has 0 unspecified atom stereocenters. The first-order chi connectivity index (χ1) is 10.6. The molecule has 112 valence electrons. The van der Waals surface area contributed by atoms with Crippen molar-refractivity contribution in [1.82, 2.24) is 0 Å². The Morgan fingerprint density at radius 1 is 1.27 bits per heavy atom. The van der Waals surface area contributed by atoms with E-state index in [0.29, 0.717) is 28.6 Å². The van der Waals surface area contributed by atoms with E-state index in [1.54, 1.807) is 36.4 Å². The molecule has 2 aromatic rings. The molecule has 1 aliphatic heterocycles. The van der Waals surface area contributed by atoms with E-state index in [4.69, 9.17) is 16.3 Å². The second kappa shape index (κ2) is 5.73. The van der Waals surface area contributed by atoms with Gasteiger partial charge in [0.2, 0.25) is 0 Å². The van der Waals surface area contributed by atoms with Crippen LogP contribution in [0.1, 0.15) is 18.1 Å². The smallest absolute Gasteiger partial charge is 0.256 e. The summed E-state index contributed by atoms with van der Waals surface area (Å²) in [4.78, 5) is 12.1. The molecule has 0 radical (unpaired) electrons. The first kappa shape index (κ1) is 14.5. The lowest BCUT2D eigenvalue weighted by atomic mass is 10.0. The Hall–Kier alpha value is -2.46. The van der Waals surface area contributed by atoms with Crippen LogP contribution in [0.5, 0.6) is 11.5 Å². The maximum atomic E-state index is 12.1. The fourth-order valence-corrected chi connectivity index (χ4v) is 2.54. The minimum absolute atomic E-state index is 0.0760. The fourth-order valence-electron chi connectivity index (χ4n) is 2.37. The Kier molecular flexibility index (Phi) is 3.77. The third-order valence-electron chi connectivity index (χ3n) is 3.36. The van der Waals surface area contributed by atoms with E-state index in [9.17, 15) is 9.90 Å². The van der Waals surface area contributed by atoms with Crippen molar-refractivity contribution in [2.45, 2.75) is 6.92 Å². The molecule has 0 aliphatic carbocycles. The van der Waals surface area contributed by atoms with Gasteiger partial charge in [0.05, 0.1) is 12.3 Å². The number of nitrogens with one attached hydrogen (secondary N) is 1. The van der Waals surface area contributed by atoms with E-state index in [0.717, 1.165) is 11.1 Å². The zero-order valence-corrected chi connectivity index (χ0v) is 12.6. The van der Waals surface area contributed by atoms with Gasteiger partial charge in [-0.3, -0.25) is 4.79 Å². The molecule has 0 aromatic heterocycles. The molecule has 2 aromatic carbocycles. The molecule has 2 N–H and O–H groups in total. The maximum Gasteiger partial charge on any atom is 0.256 e. The van der Waals surface area contributed by atoms with E-state index in [1.165, 1.54) is 0 Å². The Bertz CT molecular complexity index is 783. The summed E-state index contributed by atoms with van der Waals surface area (Å²) in [5.41, 5.74) is 2.84. The molecule has 0 bridgehead atoms. The maximum absolute atomic E-state index is 12.1. The summed E-state index contributed by atoms with van der Waals surface area (Å²) in [5, 5.41) is 13.1. The van der Waals surface area contributed by atoms with Crippen LogP contribution in [-0.4, -0.2) is 17.6 Å². The van der Waals surface area contributed by atoms with Crippen molar-refractivity contribution in [3.8, 4) is 11.5 Å². The van der Waals surface area contributed by atoms with E-state index < -0.39 is 0 Å². The number of aromatic hydroxyl groups is 1. The number of ether oxygens (including phenoxy) is 1. The minimum Gasteiger partial charge on any atom is -0.504 e. The summed E-state index contributed by atoms with van der Waals surface area (Å²) in [7, 11) is 0. The highest BCUT2D eigenvalue weighted by molar-refractivity contribution is 6.36. The summed E-state index contributed by atoms with van der Waals surface area (Å²) < 4.78 is 5.36. The molecule has 1 aliphatic rings. The van der Waals surface area contributed by atoms with Crippen LogP contribution in [-0.2, 0) is 4.79 Å². The summed E-state index contributed by atoms with van der Waals surface area (Å²) >= 11 is 5.94. The van der Waals surface area contributed by atoms with Gasteiger partial charge in [-0.2, -0.15) is 0 Å². The third kappa shape index (κ3) is 2.65. The van der Waals surface area contributed by atoms with Gasteiger partial charge in [0.15, 0.2) is 11.5 Å². The van der Waals surface area contributed by atoms with Crippen LogP contribution in [0.3, 0.4) is 0 Å². The minimum atomic E-state index is -0.177. The fraction of sp³-hybridized carbons (Fsp3) is 0.118. The van der Waals surface area contributed by atoms with Crippen molar-refractivity contribution in [3.05, 3.63) is 52.5 Å². The van der Waals surface area contributed by atoms with Crippen LogP contribution in [0.25, 0.3) is 11.6 Å². The Morgan fingerprint density at radius 2 is 2.09 bits per heavy atom. The number of halogens is 1. The number of carbonyl (C=O) groups is 1. The van der Waals surface area contributed by atoms with Crippen molar-refractivity contribution >= 4 is 34.8 Å². The van der Waals surface area contributed by atoms with Crippen molar-refractivity contribution in [3.63, 3.8) is 0 Å². The summed E-state index contributed by atoms with van der Waals surface area (Å²) in [6.45, 7) is 2.30. The second-order valence-electron chi connectivity index (χ2n) is 4.86. The topological polar surface area (TPSA) is 58.6 Å². The summed E-state index contributed by atoms with van der Waals surface area (Å²) in [6, 6.07) is 10.3. The number of amides is 1. The first-order valence-electron chi connectivity index (χ1n) is 6.87. The second-order valence-corrected chi connectivity index (χ2v) is 5.30. The number of hydrogen-bond donors (Lipinski definition) is 2. The highest BCUT2D eigenvalue weighted by Gasteiger charge is 2.24. The number of phenols is 1. The van der Waals surface area contributed by atoms with Gasteiger partial charge in [-0.05, 0) is 42.8 Å². The number of anilines is 1. The van der Waals surface area contributed by atoms with Gasteiger partial charge in [-0.1, -0.05) is 23.7 Å². The highest BCUT2D eigenvalue weighted by atomic mass is 35.5. The largest absolute Gasteiger partial charge is 0.504 e. The summed E-state index contributed by atoms with van der Waals surface area (Å²) in [5.74, 6) is 0.293. The Labute approximate surface area is 133 Å². The molecule has 0 saturated heterocycles. The molecule has 4 nitrogen and oxygen atoms in total. The zero-order valence-electron chi connectivity index (χ0n) is 11.9. The predicted molar refractivity (Wildman–Crippen MR) is 87.2 cm³/mol. The molecular weight excluding hydrogens is 302 g/mol. The third-order valence-corrected chi connectivity index (χ3v) is 3.59. The van der Waals surface area contributed by atoms with Crippen molar-refractivity contribution < 1.29 is 14.6 Å². The van der Waals surface area contributed by atoms with Crippen molar-refractivity contribution in [2.24, 2.45) is 0 Å². The van der Waals surface area contributed by atoms with E-state index in [1.807, 2.05) is 13.0 Å². The van der Waals surface area contributed by atoms with Crippen LogP contribution in [0, 0.1) is 0 Å². The van der Waals surface area contributed by atoms with Crippen LogP contribution in [0.2, 0.25) is 5.02 Å². The van der Waals surface area contributed by atoms with Gasteiger partial charge in [0.25, 0.3) is 5.91 Å². The number of benzene rings is 2. The normalized spacial score (nSPS) is 14.8. The SMILES string of the molecule is CCOc1cc(/C=C2/C(=O)Nc3cc(Cl)ccc32)ccc1O. The zero-order chi connectivity index (χ0) is 15.7. The molecule has 0 atom stereocenters. The van der Waals surface area contributed by atoms with Crippen molar-refractivity contribution in [2.75, 3.05) is 11.9 Å². The van der Waals surface area contributed by atoms with E-state index in [-0.39, 0.29) is 11.7 Å². The molecular formula is C17H14ClNO3. The Morgan fingerprint density at radius 3 is 2.86 bits per heavy atom. The molecule has 5 heteroatoms. The summed E-state index contributed by atoms with van der Waals surface area (Å²) in [6.07, 6.45) is 1.76. The van der Waals surface area contributed by atoms with Gasteiger partial charge in [-0.25, -0.2) is 0 Å². The number of carbonyl (C=O) groups excluding carboxylic acids is 1. The van der Waals surface area contributed by atoms with Crippen LogP contribution in [0.15, 0.2) is 36.4 Å². The van der Waals surface area contributed by atoms with Gasteiger partial charge in [0, 0.05) is 16.2 Å². The first-order valence-corrected chi connectivity index (χ1v) is 7.25. The molecule has 0 saturated carbocycles. The monoisotopic (exact) mass is 315 g/mol. The van der Waals surface area contributed by atoms with Gasteiger partial charge < -0.3 is 15.2 Å². The van der Waals surface area contributed by atoms with Crippen LogP contribution < -0.4 is 10.1 Å². The van der Waals surface area contributed by atoms with Gasteiger partial charge >= 0.3 is 0 Å². The molecule has 1 heterocycles. The Balaban J connectivity index is 2.03.